The Balaban J connectivity index is 1.26. The van der Waals surface area contributed by atoms with Gasteiger partial charge in [0.25, 0.3) is 12.3 Å². The number of alkyl halides is 2. The second kappa shape index (κ2) is 14.8. The molecule has 3 N–H and O–H groups in total. The first kappa shape index (κ1) is 38.7. The Morgan fingerprint density at radius 2 is 1.91 bits per heavy atom. The largest absolute Gasteiger partial charge is 0.483 e. The van der Waals surface area contributed by atoms with Gasteiger partial charge >= 0.3 is 6.09 Å². The Morgan fingerprint density at radius 3 is 2.62 bits per heavy atom. The summed E-state index contributed by atoms with van der Waals surface area (Å²) in [6.07, 6.45) is 7.62. The van der Waals surface area contributed by atoms with Crippen LogP contribution in [0.5, 0.6) is 5.75 Å². The standard InChI is InChI=1S/C39H47F2N5O8S/c1-3-21-53-36(50)43-28-14-8-6-4-5-7-11-24-15-18-39(24,35(49)45-55(51,52)37(2)19-20-37)44-33(47)29-22-38(23-46(29)34(28)48)17-16-26-25-12-9-10-13-27(25)42-30(32(40)41)31(26)54-38/h7,9-13,15,18,24,28-29,32H,3-6,8,14,16-17,19-23H2,1-2H3,(H,43,50)(H,44,47)(H,45,49). The molecule has 1 saturated carbocycles. The summed E-state index contributed by atoms with van der Waals surface area (Å²) in [5.41, 5.74) is -2.70. The van der Waals surface area contributed by atoms with Crippen molar-refractivity contribution in [1.29, 1.82) is 0 Å². The lowest BCUT2D eigenvalue weighted by Gasteiger charge is -2.42. The Morgan fingerprint density at radius 1 is 1.13 bits per heavy atom. The first-order chi connectivity index (χ1) is 26.2. The van der Waals surface area contributed by atoms with Crippen molar-refractivity contribution in [2.45, 2.75) is 119 Å². The summed E-state index contributed by atoms with van der Waals surface area (Å²) in [6.45, 7) is 3.33. The molecule has 16 heteroatoms. The molecule has 0 radical (unpaired) electrons. The van der Waals surface area contributed by atoms with Crippen LogP contribution in [0.25, 0.3) is 10.9 Å². The molecule has 3 aliphatic heterocycles. The molecular weight excluding hydrogens is 737 g/mol. The second-order valence-corrected chi connectivity index (χ2v) is 17.8. The van der Waals surface area contributed by atoms with Gasteiger partial charge in [-0.3, -0.25) is 19.1 Å². The highest BCUT2D eigenvalue weighted by Gasteiger charge is 2.58. The topological polar surface area (TPSA) is 173 Å². The Labute approximate surface area is 318 Å². The van der Waals surface area contributed by atoms with E-state index in [4.69, 9.17) is 9.47 Å². The van der Waals surface area contributed by atoms with Gasteiger partial charge in [-0.25, -0.2) is 27.0 Å². The molecule has 0 bridgehead atoms. The molecule has 296 valence electrons. The zero-order chi connectivity index (χ0) is 39.2. The predicted octanol–water partition coefficient (Wildman–Crippen LogP) is 4.90. The molecule has 4 heterocycles. The average molecular weight is 784 g/mol. The zero-order valence-corrected chi connectivity index (χ0v) is 31.8. The zero-order valence-electron chi connectivity index (χ0n) is 30.9. The number of sulfonamides is 1. The van der Waals surface area contributed by atoms with Gasteiger partial charge in [-0.2, -0.15) is 0 Å². The number of carbonyl (C=O) groups excluding carboxylic acids is 4. The van der Waals surface area contributed by atoms with E-state index in [-0.39, 0.29) is 44.6 Å². The molecule has 1 spiro atoms. The van der Waals surface area contributed by atoms with Crippen LogP contribution >= 0.6 is 0 Å². The summed E-state index contributed by atoms with van der Waals surface area (Å²) in [6, 6.07) is 4.55. The Hall–Kier alpha value is -4.60. The summed E-state index contributed by atoms with van der Waals surface area (Å²) in [7, 11) is -4.09. The van der Waals surface area contributed by atoms with Crippen LogP contribution in [-0.2, 0) is 35.6 Å². The van der Waals surface area contributed by atoms with E-state index in [1.54, 1.807) is 43.3 Å². The highest BCUT2D eigenvalue weighted by atomic mass is 32.2. The first-order valence-corrected chi connectivity index (χ1v) is 20.6. The van der Waals surface area contributed by atoms with E-state index in [2.05, 4.69) is 20.3 Å². The number of benzene rings is 1. The van der Waals surface area contributed by atoms with Gasteiger partial charge in [0.05, 0.1) is 23.4 Å². The maximum Gasteiger partial charge on any atom is 0.407 e. The number of hydrogen-bond acceptors (Lipinski definition) is 9. The van der Waals surface area contributed by atoms with Crippen LogP contribution < -0.4 is 20.1 Å². The molecule has 7 rings (SSSR count). The number of carbonyl (C=O) groups is 4. The van der Waals surface area contributed by atoms with Crippen LogP contribution in [-0.4, -0.2) is 83.2 Å². The number of pyridine rings is 1. The smallest absolute Gasteiger partial charge is 0.407 e. The highest BCUT2D eigenvalue weighted by molar-refractivity contribution is 7.91. The quantitative estimate of drug-likeness (QED) is 0.330. The summed E-state index contributed by atoms with van der Waals surface area (Å²) in [4.78, 5) is 61.7. The maximum absolute atomic E-state index is 14.7. The molecule has 2 fully saturated rings. The molecule has 2 aliphatic carbocycles. The van der Waals surface area contributed by atoms with Gasteiger partial charge in [0.1, 0.15) is 28.9 Å². The normalized spacial score (nSPS) is 28.8. The fourth-order valence-electron chi connectivity index (χ4n) is 8.04. The van der Waals surface area contributed by atoms with Gasteiger partial charge < -0.3 is 25.0 Å². The molecular formula is C39H47F2N5O8S. The second-order valence-electron chi connectivity index (χ2n) is 15.6. The lowest BCUT2D eigenvalue weighted by molar-refractivity contribution is -0.142. The van der Waals surface area contributed by atoms with Crippen molar-refractivity contribution in [3.63, 3.8) is 0 Å². The van der Waals surface area contributed by atoms with Crippen LogP contribution in [0.1, 0.15) is 95.7 Å². The summed E-state index contributed by atoms with van der Waals surface area (Å²) >= 11 is 0. The third kappa shape index (κ3) is 7.29. The van der Waals surface area contributed by atoms with Crippen molar-refractivity contribution >= 4 is 44.7 Å². The molecule has 1 aromatic heterocycles. The third-order valence-electron chi connectivity index (χ3n) is 11.7. The number of halogens is 2. The van der Waals surface area contributed by atoms with Crippen LogP contribution in [0, 0.1) is 5.92 Å². The van der Waals surface area contributed by atoms with E-state index in [1.165, 1.54) is 11.0 Å². The number of ether oxygens (including phenoxy) is 2. The van der Waals surface area contributed by atoms with E-state index in [9.17, 15) is 36.4 Å². The molecule has 5 atom stereocenters. The average Bonchev–Trinajstić information content (AvgIpc) is 3.81. The van der Waals surface area contributed by atoms with Gasteiger partial charge in [0.2, 0.25) is 21.8 Å². The molecule has 1 aromatic carbocycles. The monoisotopic (exact) mass is 783 g/mol. The van der Waals surface area contributed by atoms with Gasteiger partial charge in [0.15, 0.2) is 5.75 Å². The number of nitrogens with zero attached hydrogens (tertiary/aromatic N) is 2. The van der Waals surface area contributed by atoms with Crippen molar-refractivity contribution in [3.05, 3.63) is 59.8 Å². The SMILES string of the molecule is CCCOC(=O)NC1CCCCCC=CC2C=CC2(C(=O)NS(=O)(=O)C2(C)CC2)NC(=O)C2CC3(CCc4c(c(C(F)F)nc5ccccc45)O3)CN2C1=O. The van der Waals surface area contributed by atoms with Crippen molar-refractivity contribution in [1.82, 2.24) is 25.2 Å². The Bertz CT molecular complexity index is 2060. The number of allylic oxidation sites excluding steroid dienone is 1. The summed E-state index contributed by atoms with van der Waals surface area (Å²) < 4.78 is 68.5. The van der Waals surface area contributed by atoms with E-state index >= 15 is 0 Å². The number of aryl methyl sites for hydroxylation is 1. The summed E-state index contributed by atoms with van der Waals surface area (Å²) in [5.74, 6) is -3.07. The van der Waals surface area contributed by atoms with Crippen molar-refractivity contribution in [2.75, 3.05) is 13.2 Å². The molecule has 4 amide bonds. The number of aromatic nitrogens is 1. The molecule has 2 aromatic rings. The minimum atomic E-state index is -4.09. The van der Waals surface area contributed by atoms with Gasteiger partial charge in [0, 0.05) is 23.3 Å². The number of fused-ring (bicyclic) bond motifs is 5. The van der Waals surface area contributed by atoms with Crippen molar-refractivity contribution < 1.29 is 45.9 Å². The predicted molar refractivity (Wildman–Crippen MR) is 197 cm³/mol. The lowest BCUT2D eigenvalue weighted by atomic mass is 9.73. The van der Waals surface area contributed by atoms with Gasteiger partial charge in [-0.05, 0) is 64.4 Å². The third-order valence-corrected chi connectivity index (χ3v) is 13.8. The number of hydrogen-bond donors (Lipinski definition) is 3. The van der Waals surface area contributed by atoms with Gasteiger partial charge in [-0.15, -0.1) is 0 Å². The van der Waals surface area contributed by atoms with E-state index in [0.717, 1.165) is 6.42 Å². The number of amides is 4. The Kier molecular flexibility index (Phi) is 10.4. The highest BCUT2D eigenvalue weighted by Crippen LogP contribution is 2.47. The van der Waals surface area contributed by atoms with Gasteiger partial charge in [-0.1, -0.05) is 62.3 Å². The number of alkyl carbamates (subject to hydrolysis) is 1. The molecule has 55 heavy (non-hydrogen) atoms. The lowest BCUT2D eigenvalue weighted by Crippen LogP contribution is -2.67. The maximum atomic E-state index is 14.7. The number of nitrogens with one attached hydrogen (secondary N) is 3. The van der Waals surface area contributed by atoms with E-state index < -0.39 is 79.8 Å². The van der Waals surface area contributed by atoms with E-state index in [1.807, 2.05) is 13.0 Å². The summed E-state index contributed by atoms with van der Waals surface area (Å²) in [5, 5.41) is 6.16. The fraction of sp³-hybridized carbons (Fsp3) is 0.564. The first-order valence-electron chi connectivity index (χ1n) is 19.1. The van der Waals surface area contributed by atoms with Crippen LogP contribution in [0.2, 0.25) is 0 Å². The minimum Gasteiger partial charge on any atom is -0.483 e. The van der Waals surface area contributed by atoms with Crippen LogP contribution in [0.4, 0.5) is 13.6 Å². The molecule has 5 aliphatic rings. The van der Waals surface area contributed by atoms with Crippen molar-refractivity contribution in [2.24, 2.45) is 5.92 Å². The number of para-hydroxylation sites is 1. The van der Waals surface area contributed by atoms with Crippen LogP contribution in [0.15, 0.2) is 48.6 Å². The molecule has 13 nitrogen and oxygen atoms in total. The molecule has 1 saturated heterocycles. The van der Waals surface area contributed by atoms with Crippen molar-refractivity contribution in [3.8, 4) is 5.75 Å². The van der Waals surface area contributed by atoms with E-state index in [0.29, 0.717) is 55.0 Å². The van der Waals surface area contributed by atoms with Crippen LogP contribution in [0.3, 0.4) is 0 Å². The minimum absolute atomic E-state index is 0.0879. The fourth-order valence-corrected chi connectivity index (χ4v) is 9.33. The number of rotatable bonds is 7. The molecule has 5 unspecified atom stereocenters.